The summed E-state index contributed by atoms with van der Waals surface area (Å²) in [6, 6.07) is 0. The van der Waals surface area contributed by atoms with Crippen LogP contribution in [-0.2, 0) is 26.2 Å². The van der Waals surface area contributed by atoms with E-state index in [2.05, 4.69) is 0 Å². The smallest absolute Gasteiger partial charge is 0.179 e. The average Bonchev–Trinajstić information content (AvgIpc) is 2.37. The second kappa shape index (κ2) is 17.3. The Labute approximate surface area is 177 Å². The van der Waals surface area contributed by atoms with Gasteiger partial charge in [0.2, 0.25) is 0 Å². The van der Waals surface area contributed by atoms with E-state index in [0.717, 1.165) is 25.7 Å². The van der Waals surface area contributed by atoms with Crippen molar-refractivity contribution >= 4 is 16.6 Å². The van der Waals surface area contributed by atoms with Gasteiger partial charge in [-0.1, -0.05) is 38.5 Å². The number of hydrogen-bond acceptors (Lipinski definition) is 4. The molecule has 152 valence electrons. The molecule has 0 radical (unpaired) electrons. The van der Waals surface area contributed by atoms with Crippen LogP contribution in [0, 0.1) is 0 Å². The Balaban J connectivity index is -0.000000259. The van der Waals surface area contributed by atoms with Crippen LogP contribution in [0.5, 0.6) is 0 Å². The maximum Gasteiger partial charge on any atom is 0.179 e. The monoisotopic (exact) mass is 470 g/mol. The third-order valence-electron chi connectivity index (χ3n) is 3.15. The van der Waals surface area contributed by atoms with Gasteiger partial charge in [0.25, 0.3) is 0 Å². The van der Waals surface area contributed by atoms with E-state index in [4.69, 9.17) is 19.8 Å². The Kier molecular flexibility index (Phi) is 21.3. The molecule has 0 aromatic carbocycles. The van der Waals surface area contributed by atoms with Gasteiger partial charge < -0.3 is 19.8 Å². The van der Waals surface area contributed by atoms with Gasteiger partial charge in [0.15, 0.2) is 16.6 Å². The maximum absolute atomic E-state index is 8.91. The molecule has 0 saturated heterocycles. The van der Waals surface area contributed by atoms with Gasteiger partial charge in [0.1, 0.15) is 0 Å². The van der Waals surface area contributed by atoms with Crippen molar-refractivity contribution < 1.29 is 46.0 Å². The molecule has 0 amide bonds. The SMILES string of the molecule is C[Si](C)(C)O.C[Si](C)(C)O.OC1CCCCC1.OC1CCCCC1.[Zr]. The molecule has 0 atom stereocenters. The molecular weight excluding hydrogens is 428 g/mol. The van der Waals surface area contributed by atoms with Crippen LogP contribution >= 0.6 is 0 Å². The van der Waals surface area contributed by atoms with Gasteiger partial charge in [-0.25, -0.2) is 0 Å². The minimum atomic E-state index is -1.61. The molecule has 0 aromatic rings. The van der Waals surface area contributed by atoms with Crippen LogP contribution in [0.1, 0.15) is 64.2 Å². The first-order valence-corrected chi connectivity index (χ1v) is 16.5. The van der Waals surface area contributed by atoms with Crippen molar-refractivity contribution in [1.29, 1.82) is 0 Å². The van der Waals surface area contributed by atoms with Crippen molar-refractivity contribution in [2.75, 3.05) is 0 Å². The fourth-order valence-corrected chi connectivity index (χ4v) is 2.16. The quantitative estimate of drug-likeness (QED) is 0.398. The second-order valence-electron chi connectivity index (χ2n) is 8.93. The molecule has 4 nitrogen and oxygen atoms in total. The van der Waals surface area contributed by atoms with Crippen LogP contribution in [-0.4, -0.2) is 48.6 Å². The molecule has 0 aromatic heterocycles. The van der Waals surface area contributed by atoms with Crippen LogP contribution < -0.4 is 0 Å². The first-order valence-electron chi connectivity index (χ1n) is 9.60. The second-order valence-corrected chi connectivity index (χ2v) is 17.6. The van der Waals surface area contributed by atoms with Gasteiger partial charge in [-0.15, -0.1) is 0 Å². The molecular formula is C18H44O4Si2Zr. The van der Waals surface area contributed by atoms with Crippen LogP contribution in [0.25, 0.3) is 0 Å². The summed E-state index contributed by atoms with van der Waals surface area (Å²) in [5.41, 5.74) is 0. The van der Waals surface area contributed by atoms with Gasteiger partial charge in [0.05, 0.1) is 12.2 Å². The van der Waals surface area contributed by atoms with E-state index in [1.165, 1.54) is 38.5 Å². The largest absolute Gasteiger partial charge is 0.433 e. The summed E-state index contributed by atoms with van der Waals surface area (Å²) in [4.78, 5) is 17.3. The topological polar surface area (TPSA) is 80.9 Å². The van der Waals surface area contributed by atoms with E-state index in [1.54, 1.807) is 0 Å². The van der Waals surface area contributed by atoms with Crippen molar-refractivity contribution in [2.45, 2.75) is 116 Å². The molecule has 0 bridgehead atoms. The molecule has 0 unspecified atom stereocenters. The minimum Gasteiger partial charge on any atom is -0.433 e. The van der Waals surface area contributed by atoms with Crippen molar-refractivity contribution in [3.05, 3.63) is 0 Å². The molecule has 0 spiro atoms. The van der Waals surface area contributed by atoms with Crippen LogP contribution in [0.4, 0.5) is 0 Å². The fourth-order valence-electron chi connectivity index (χ4n) is 2.16. The molecule has 0 aliphatic heterocycles. The van der Waals surface area contributed by atoms with Crippen molar-refractivity contribution in [1.82, 2.24) is 0 Å². The van der Waals surface area contributed by atoms with E-state index in [9.17, 15) is 0 Å². The molecule has 2 aliphatic rings. The Bertz CT molecular complexity index is 229. The van der Waals surface area contributed by atoms with Gasteiger partial charge in [-0.3, -0.25) is 0 Å². The summed E-state index contributed by atoms with van der Waals surface area (Å²) in [5, 5.41) is 17.8. The molecule has 2 saturated carbocycles. The summed E-state index contributed by atoms with van der Waals surface area (Å²) < 4.78 is 0. The molecule has 25 heavy (non-hydrogen) atoms. The van der Waals surface area contributed by atoms with E-state index >= 15 is 0 Å². The van der Waals surface area contributed by atoms with Gasteiger partial charge in [-0.2, -0.15) is 0 Å². The van der Waals surface area contributed by atoms with E-state index < -0.39 is 16.6 Å². The van der Waals surface area contributed by atoms with E-state index in [-0.39, 0.29) is 38.4 Å². The van der Waals surface area contributed by atoms with Gasteiger partial charge >= 0.3 is 0 Å². The molecule has 2 fully saturated rings. The Morgan fingerprint density at radius 3 is 0.760 bits per heavy atom. The molecule has 4 N–H and O–H groups in total. The summed E-state index contributed by atoms with van der Waals surface area (Å²) in [7, 11) is -3.22. The predicted molar refractivity (Wildman–Crippen MR) is 109 cm³/mol. The van der Waals surface area contributed by atoms with E-state index in [0.29, 0.717) is 0 Å². The van der Waals surface area contributed by atoms with E-state index in [1.807, 2.05) is 39.3 Å². The standard InChI is InChI=1S/2C6H12O.2C3H10OSi.Zr/c2*7-6-4-2-1-3-5-6;2*1-5(2,3)4;/h2*6-7H,1-5H2;2*4H,1-3H3;. The van der Waals surface area contributed by atoms with Crippen LogP contribution in [0.2, 0.25) is 39.3 Å². The molecule has 2 rings (SSSR count). The summed E-state index contributed by atoms with van der Waals surface area (Å²) in [6.07, 6.45) is 11.8. The van der Waals surface area contributed by atoms with Crippen molar-refractivity contribution in [2.24, 2.45) is 0 Å². The number of aliphatic hydroxyl groups is 2. The first-order chi connectivity index (χ1) is 10.8. The third kappa shape index (κ3) is 45.8. The van der Waals surface area contributed by atoms with Gasteiger partial charge in [0, 0.05) is 26.2 Å². The van der Waals surface area contributed by atoms with Crippen molar-refractivity contribution in [3.8, 4) is 0 Å². The summed E-state index contributed by atoms with van der Waals surface area (Å²) in [5.74, 6) is 0. The molecule has 7 heteroatoms. The maximum atomic E-state index is 8.91. The first kappa shape index (κ1) is 30.9. The zero-order valence-electron chi connectivity index (χ0n) is 17.5. The normalized spacial score (nSPS) is 19.0. The predicted octanol–water partition coefficient (Wildman–Crippen LogP) is 4.25. The number of hydrogen-bond donors (Lipinski definition) is 4. The molecule has 2 aliphatic carbocycles. The number of rotatable bonds is 0. The van der Waals surface area contributed by atoms with Crippen LogP contribution in [0.3, 0.4) is 0 Å². The minimum absolute atomic E-state index is 0. The summed E-state index contributed by atoms with van der Waals surface area (Å²) >= 11 is 0. The zero-order chi connectivity index (χ0) is 19.2. The average molecular weight is 472 g/mol. The zero-order valence-corrected chi connectivity index (χ0v) is 22.0. The Morgan fingerprint density at radius 2 is 0.680 bits per heavy atom. The molecule has 0 heterocycles. The Morgan fingerprint density at radius 1 is 0.520 bits per heavy atom. The fraction of sp³-hybridized carbons (Fsp3) is 1.00. The summed E-state index contributed by atoms with van der Waals surface area (Å²) in [6.45, 7) is 11.3. The Hall–Kier alpha value is 1.16. The van der Waals surface area contributed by atoms with Gasteiger partial charge in [-0.05, 0) is 65.0 Å². The van der Waals surface area contributed by atoms with Crippen LogP contribution in [0.15, 0.2) is 0 Å². The number of aliphatic hydroxyl groups excluding tert-OH is 2. The third-order valence-corrected chi connectivity index (χ3v) is 3.15. The van der Waals surface area contributed by atoms with Crippen molar-refractivity contribution in [3.63, 3.8) is 0 Å².